The molecular weight excluding hydrogens is 879 g/mol. The monoisotopic (exact) mass is 903 g/mol. The number of benzene rings is 4. The molecule has 0 atom stereocenters. The molecule has 0 unspecified atom stereocenters. The summed E-state index contributed by atoms with van der Waals surface area (Å²) in [7, 11) is -28.8. The summed E-state index contributed by atoms with van der Waals surface area (Å²) in [6.45, 7) is -1.82. The predicted molar refractivity (Wildman–Crippen MR) is 190 cm³/mol. The van der Waals surface area contributed by atoms with Crippen molar-refractivity contribution >= 4 is 99.9 Å². The van der Waals surface area contributed by atoms with E-state index in [1.165, 1.54) is 0 Å². The molecule has 0 aromatic heterocycles. The van der Waals surface area contributed by atoms with Gasteiger partial charge in [-0.25, -0.2) is 25.2 Å². The number of nitrogen functional groups attached to an aromatic ring is 1. The van der Waals surface area contributed by atoms with Crippen molar-refractivity contribution in [1.82, 2.24) is 0 Å². The first kappa shape index (κ1) is 44.1. The van der Waals surface area contributed by atoms with Gasteiger partial charge in [0.2, 0.25) is 0 Å². The first-order valence-electron chi connectivity index (χ1n) is 14.4. The lowest BCUT2D eigenvalue weighted by Crippen LogP contribution is -2.15. The van der Waals surface area contributed by atoms with Crippen LogP contribution in [0.5, 0.6) is 5.75 Å². The molecule has 7 N–H and O–H groups in total. The predicted octanol–water partition coefficient (Wildman–Crippen LogP) is 2.64. The fraction of sp³-hybridized carbons (Fsp3) is 0.154. The minimum Gasteiger partial charge on any atom is -0.505 e. The molecule has 0 aliphatic carbocycles. The van der Waals surface area contributed by atoms with Crippen LogP contribution in [0.25, 0.3) is 10.8 Å². The number of hydrogen-bond donors (Lipinski definition) is 6. The number of sulfone groups is 2. The molecule has 4 aromatic rings. The molecule has 0 heterocycles. The minimum absolute atomic E-state index is 0.0864. The molecular formula is C26H25N5O19S6. The van der Waals surface area contributed by atoms with Crippen LogP contribution in [0.1, 0.15) is 0 Å². The second-order valence-corrected chi connectivity index (χ2v) is 20.0. The molecule has 4 rings (SSSR count). The van der Waals surface area contributed by atoms with Crippen LogP contribution in [0.15, 0.2) is 101 Å². The van der Waals surface area contributed by atoms with Gasteiger partial charge in [-0.1, -0.05) is 0 Å². The summed E-state index contributed by atoms with van der Waals surface area (Å²) in [4.78, 5) is -3.03. The fourth-order valence-electron chi connectivity index (χ4n) is 4.49. The summed E-state index contributed by atoms with van der Waals surface area (Å²) in [5.41, 5.74) is 3.69. The van der Waals surface area contributed by atoms with Crippen molar-refractivity contribution in [2.75, 3.05) is 30.5 Å². The third-order valence-corrected chi connectivity index (χ3v) is 13.1. The number of phenols is 1. The Bertz CT molecular complexity index is 2940. The highest BCUT2D eigenvalue weighted by atomic mass is 32.3. The number of nitrogens with two attached hydrogens (primary N) is 1. The number of fused-ring (bicyclic) bond motifs is 1. The summed E-state index contributed by atoms with van der Waals surface area (Å²) < 4.78 is 187. The molecule has 30 heteroatoms. The Balaban J connectivity index is 1.76. The third-order valence-electron chi connectivity index (χ3n) is 6.97. The zero-order valence-electron chi connectivity index (χ0n) is 27.4. The van der Waals surface area contributed by atoms with Gasteiger partial charge in [-0.15, -0.1) is 10.2 Å². The molecule has 24 nitrogen and oxygen atoms in total. The molecule has 0 saturated carbocycles. The zero-order chi connectivity index (χ0) is 42.1. The van der Waals surface area contributed by atoms with Crippen molar-refractivity contribution in [3.63, 3.8) is 0 Å². The Hall–Kier alpha value is -4.60. The van der Waals surface area contributed by atoms with Crippen molar-refractivity contribution < 1.29 is 82.2 Å². The molecule has 0 bridgehead atoms. The quantitative estimate of drug-likeness (QED) is 0.0534. The maximum Gasteiger partial charge on any atom is 0.397 e. The van der Waals surface area contributed by atoms with Gasteiger partial charge in [-0.3, -0.25) is 18.2 Å². The first-order chi connectivity index (χ1) is 25.6. The van der Waals surface area contributed by atoms with Crippen molar-refractivity contribution in [3.8, 4) is 5.75 Å². The molecule has 0 radical (unpaired) electrons. The highest BCUT2D eigenvalue weighted by Gasteiger charge is 2.29. The molecule has 0 saturated heterocycles. The molecule has 4 aromatic carbocycles. The van der Waals surface area contributed by atoms with E-state index >= 15 is 0 Å². The van der Waals surface area contributed by atoms with E-state index in [1.807, 2.05) is 0 Å². The van der Waals surface area contributed by atoms with Crippen LogP contribution in [0.3, 0.4) is 0 Å². The summed E-state index contributed by atoms with van der Waals surface area (Å²) >= 11 is 0. The summed E-state index contributed by atoms with van der Waals surface area (Å²) in [6.07, 6.45) is 0. The molecule has 304 valence electrons. The van der Waals surface area contributed by atoms with E-state index in [9.17, 15) is 64.7 Å². The van der Waals surface area contributed by atoms with Gasteiger partial charge in [-0.05, 0) is 60.7 Å². The van der Waals surface area contributed by atoms with E-state index < -0.39 is 129 Å². The van der Waals surface area contributed by atoms with Gasteiger partial charge >= 0.3 is 20.8 Å². The van der Waals surface area contributed by atoms with Crippen LogP contribution in [0.4, 0.5) is 28.4 Å². The number of aromatic hydroxyl groups is 1. The Morgan fingerprint density at radius 2 is 0.964 bits per heavy atom. The summed E-state index contributed by atoms with van der Waals surface area (Å²) in [5.74, 6) is -2.94. The standard InChI is InChI=1S/C26H25N5O19S6/c27-24-20(30-28-15-1-5-17(6-2-15)51(33,34)11-9-49-55(43,44)45)14-21(53(37,38)39)19-13-22(54(40,41)42)25(26(32)23(19)24)31-29-16-3-7-18(8-4-16)52(35,36)12-10-50-56(46,47)48/h1-8,13-14,32H,9-12,27H2,(H,37,38,39)(H,40,41,42)(H,43,44,45)(H,46,47,48). The van der Waals surface area contributed by atoms with E-state index in [1.54, 1.807) is 0 Å². The average molecular weight is 904 g/mol. The lowest BCUT2D eigenvalue weighted by molar-refractivity contribution is 0.282. The number of azo groups is 2. The summed E-state index contributed by atoms with van der Waals surface area (Å²) in [5, 5.41) is 24.7. The van der Waals surface area contributed by atoms with Crippen molar-refractivity contribution in [2.45, 2.75) is 19.6 Å². The molecule has 0 amide bonds. The highest BCUT2D eigenvalue weighted by Crippen LogP contribution is 2.48. The van der Waals surface area contributed by atoms with E-state index in [4.69, 9.17) is 14.8 Å². The lowest BCUT2D eigenvalue weighted by Gasteiger charge is -2.14. The molecule has 0 aliphatic rings. The Kier molecular flexibility index (Phi) is 12.7. The van der Waals surface area contributed by atoms with Gasteiger partial charge in [0.1, 0.15) is 21.2 Å². The summed E-state index contributed by atoms with van der Waals surface area (Å²) in [6, 6.07) is 9.41. The van der Waals surface area contributed by atoms with Gasteiger partial charge in [0.25, 0.3) is 20.2 Å². The molecule has 0 spiro atoms. The fourth-order valence-corrected chi connectivity index (χ4v) is 8.82. The van der Waals surface area contributed by atoms with Gasteiger partial charge in [0.05, 0.1) is 57.0 Å². The maximum atomic E-state index is 12.5. The van der Waals surface area contributed by atoms with E-state index in [2.05, 4.69) is 28.8 Å². The van der Waals surface area contributed by atoms with Crippen LogP contribution < -0.4 is 5.73 Å². The van der Waals surface area contributed by atoms with E-state index in [0.717, 1.165) is 48.5 Å². The second-order valence-electron chi connectivity index (χ2n) is 10.8. The number of nitrogens with zero attached hydrogens (tertiary/aromatic N) is 4. The van der Waals surface area contributed by atoms with Gasteiger partial charge in [0, 0.05) is 5.39 Å². The van der Waals surface area contributed by atoms with Crippen LogP contribution in [0, 0.1) is 0 Å². The van der Waals surface area contributed by atoms with Crippen LogP contribution in [-0.4, -0.2) is 98.5 Å². The van der Waals surface area contributed by atoms with Crippen LogP contribution >= 0.6 is 0 Å². The smallest absolute Gasteiger partial charge is 0.397 e. The third kappa shape index (κ3) is 11.3. The van der Waals surface area contributed by atoms with Crippen molar-refractivity contribution in [2.24, 2.45) is 20.5 Å². The lowest BCUT2D eigenvalue weighted by atomic mass is 10.0. The van der Waals surface area contributed by atoms with Gasteiger partial charge in [0.15, 0.2) is 25.4 Å². The van der Waals surface area contributed by atoms with Crippen LogP contribution in [0.2, 0.25) is 0 Å². The molecule has 0 fully saturated rings. The number of anilines is 1. The maximum absolute atomic E-state index is 12.5. The average Bonchev–Trinajstić information content (AvgIpc) is 3.05. The Morgan fingerprint density at radius 1 is 0.554 bits per heavy atom. The Morgan fingerprint density at radius 3 is 1.36 bits per heavy atom. The normalized spacial score (nSPS) is 13.6. The minimum atomic E-state index is -5.37. The number of hydrogen-bond acceptors (Lipinski definition) is 20. The highest BCUT2D eigenvalue weighted by molar-refractivity contribution is 7.91. The number of rotatable bonds is 16. The topological polar surface area (TPSA) is 400 Å². The largest absolute Gasteiger partial charge is 0.505 e. The van der Waals surface area contributed by atoms with Gasteiger partial charge < -0.3 is 10.8 Å². The van der Waals surface area contributed by atoms with Crippen LogP contribution in [-0.2, 0) is 69.1 Å². The van der Waals surface area contributed by atoms with E-state index in [-0.39, 0.29) is 21.2 Å². The SMILES string of the molecule is Nc1c(N=Nc2ccc(S(=O)(=O)CCOS(=O)(=O)O)cc2)cc(S(=O)(=O)O)c2cc(S(=O)(=O)O)c(N=Nc3ccc(S(=O)(=O)CCOS(=O)(=O)O)cc3)c(O)c12. The molecule has 0 aliphatic heterocycles. The van der Waals surface area contributed by atoms with Crippen molar-refractivity contribution in [1.29, 1.82) is 0 Å². The van der Waals surface area contributed by atoms with E-state index in [0.29, 0.717) is 12.1 Å². The zero-order valence-corrected chi connectivity index (χ0v) is 32.3. The van der Waals surface area contributed by atoms with Gasteiger partial charge in [-0.2, -0.15) is 43.9 Å². The first-order valence-corrected chi connectivity index (χ1v) is 23.3. The molecule has 56 heavy (non-hydrogen) atoms. The number of phenolic OH excluding ortho intramolecular Hbond substituents is 1. The second kappa shape index (κ2) is 16.1. The Labute approximate surface area is 317 Å². The van der Waals surface area contributed by atoms with Crippen molar-refractivity contribution in [3.05, 3.63) is 60.7 Å².